The first-order valence-electron chi connectivity index (χ1n) is 7.56. The Kier molecular flexibility index (Phi) is 3.74. The van der Waals surface area contributed by atoms with Crippen LogP contribution < -0.4 is 21.9 Å². The van der Waals surface area contributed by atoms with Crippen LogP contribution in [0.25, 0.3) is 11.2 Å². The van der Waals surface area contributed by atoms with Crippen molar-refractivity contribution in [2.45, 2.75) is 25.4 Å². The Morgan fingerprint density at radius 3 is 2.74 bits per heavy atom. The highest BCUT2D eigenvalue weighted by molar-refractivity contribution is 5.74. The predicted molar refractivity (Wildman–Crippen MR) is 88.5 cm³/mol. The van der Waals surface area contributed by atoms with Crippen molar-refractivity contribution in [3.8, 4) is 12.3 Å². The second-order valence-corrected chi connectivity index (χ2v) is 5.93. The van der Waals surface area contributed by atoms with E-state index in [0.29, 0.717) is 23.7 Å². The molecule has 122 valence electrons. The molecule has 1 unspecified atom stereocenters. The molecule has 0 saturated carbocycles. The van der Waals surface area contributed by atoms with Crippen molar-refractivity contribution in [1.29, 1.82) is 0 Å². The van der Waals surface area contributed by atoms with Crippen LogP contribution in [0.2, 0.25) is 0 Å². The monoisotopic (exact) mass is 316 g/mol. The normalized spacial score (nSPS) is 18.3. The van der Waals surface area contributed by atoms with E-state index in [-0.39, 0.29) is 12.6 Å². The zero-order valence-corrected chi connectivity index (χ0v) is 13.3. The van der Waals surface area contributed by atoms with Crippen LogP contribution in [0.5, 0.6) is 0 Å². The third-order valence-electron chi connectivity index (χ3n) is 4.32. The number of nitrogens with two attached hydrogens (primary N) is 1. The number of imidazole rings is 1. The molecule has 2 N–H and O–H groups in total. The van der Waals surface area contributed by atoms with Gasteiger partial charge in [-0.2, -0.15) is 4.98 Å². The SMILES string of the molecule is C#CCn1c(N2CCCC(N)C2)nc2c1c(=O)n(C)c(=O)n2C. The van der Waals surface area contributed by atoms with Gasteiger partial charge in [0.05, 0.1) is 6.54 Å². The van der Waals surface area contributed by atoms with Gasteiger partial charge >= 0.3 is 5.69 Å². The topological polar surface area (TPSA) is 91.1 Å². The molecule has 1 saturated heterocycles. The summed E-state index contributed by atoms with van der Waals surface area (Å²) in [5.41, 5.74) is 5.95. The van der Waals surface area contributed by atoms with E-state index >= 15 is 0 Å². The maximum Gasteiger partial charge on any atom is 0.332 e. The first-order valence-corrected chi connectivity index (χ1v) is 7.56. The van der Waals surface area contributed by atoms with E-state index in [1.165, 1.54) is 11.6 Å². The highest BCUT2D eigenvalue weighted by atomic mass is 16.2. The van der Waals surface area contributed by atoms with Gasteiger partial charge in [0, 0.05) is 33.2 Å². The van der Waals surface area contributed by atoms with Gasteiger partial charge in [0.15, 0.2) is 11.2 Å². The number of fused-ring (bicyclic) bond motifs is 1. The molecule has 2 aromatic heterocycles. The molecule has 0 aliphatic carbocycles. The second kappa shape index (κ2) is 5.59. The lowest BCUT2D eigenvalue weighted by Crippen LogP contribution is -2.44. The van der Waals surface area contributed by atoms with Crippen LogP contribution in [-0.4, -0.2) is 37.8 Å². The minimum absolute atomic E-state index is 0.0644. The molecule has 0 aromatic carbocycles. The highest BCUT2D eigenvalue weighted by Gasteiger charge is 2.25. The molecule has 0 bridgehead atoms. The summed E-state index contributed by atoms with van der Waals surface area (Å²) in [6.45, 7) is 1.67. The van der Waals surface area contributed by atoms with Crippen LogP contribution in [0.4, 0.5) is 5.95 Å². The van der Waals surface area contributed by atoms with Crippen molar-refractivity contribution < 1.29 is 0 Å². The maximum absolute atomic E-state index is 12.5. The molecule has 8 nitrogen and oxygen atoms in total. The minimum atomic E-state index is -0.408. The summed E-state index contributed by atoms with van der Waals surface area (Å²) < 4.78 is 4.15. The summed E-state index contributed by atoms with van der Waals surface area (Å²) in [5.74, 6) is 3.17. The van der Waals surface area contributed by atoms with E-state index in [2.05, 4.69) is 10.9 Å². The summed E-state index contributed by atoms with van der Waals surface area (Å²) in [7, 11) is 3.05. The first kappa shape index (κ1) is 15.4. The van der Waals surface area contributed by atoms with E-state index in [4.69, 9.17) is 12.2 Å². The summed E-state index contributed by atoms with van der Waals surface area (Å²) in [5, 5.41) is 0. The number of terminal acetylenes is 1. The number of nitrogens with zero attached hydrogens (tertiary/aromatic N) is 5. The quantitative estimate of drug-likeness (QED) is 0.717. The van der Waals surface area contributed by atoms with Gasteiger partial charge in [-0.3, -0.25) is 18.5 Å². The molecule has 1 aliphatic rings. The Morgan fingerprint density at radius 2 is 2.09 bits per heavy atom. The smallest absolute Gasteiger partial charge is 0.332 e. The zero-order valence-electron chi connectivity index (χ0n) is 13.3. The van der Waals surface area contributed by atoms with Crippen molar-refractivity contribution in [1.82, 2.24) is 18.7 Å². The molecule has 3 heterocycles. The van der Waals surface area contributed by atoms with Crippen LogP contribution in [0.3, 0.4) is 0 Å². The summed E-state index contributed by atoms with van der Waals surface area (Å²) in [6, 6.07) is 0.0644. The van der Waals surface area contributed by atoms with Crippen LogP contribution >= 0.6 is 0 Å². The van der Waals surface area contributed by atoms with Crippen molar-refractivity contribution >= 4 is 17.1 Å². The van der Waals surface area contributed by atoms with Gasteiger partial charge in [0.1, 0.15) is 0 Å². The standard InChI is InChI=1S/C15H20N6O2/c1-4-7-21-11-12(18(2)15(23)19(3)13(11)22)17-14(21)20-8-5-6-10(16)9-20/h1,10H,5-9,16H2,2-3H3. The summed E-state index contributed by atoms with van der Waals surface area (Å²) >= 11 is 0. The van der Waals surface area contributed by atoms with Gasteiger partial charge < -0.3 is 10.6 Å². The molecule has 0 spiro atoms. The van der Waals surface area contributed by atoms with Gasteiger partial charge in [0.25, 0.3) is 5.56 Å². The number of aryl methyl sites for hydroxylation is 1. The molecule has 3 rings (SSSR count). The third-order valence-corrected chi connectivity index (χ3v) is 4.32. The number of hydrogen-bond acceptors (Lipinski definition) is 5. The molecule has 1 atom stereocenters. The van der Waals surface area contributed by atoms with Gasteiger partial charge in [-0.15, -0.1) is 6.42 Å². The Bertz CT molecular complexity index is 913. The molecular weight excluding hydrogens is 296 g/mol. The maximum atomic E-state index is 12.5. The van der Waals surface area contributed by atoms with E-state index in [0.717, 1.165) is 24.0 Å². The van der Waals surface area contributed by atoms with Crippen molar-refractivity contribution in [3.63, 3.8) is 0 Å². The van der Waals surface area contributed by atoms with E-state index in [1.54, 1.807) is 11.6 Å². The van der Waals surface area contributed by atoms with E-state index in [1.807, 2.05) is 4.90 Å². The van der Waals surface area contributed by atoms with Crippen LogP contribution in [-0.2, 0) is 20.6 Å². The average molecular weight is 316 g/mol. The van der Waals surface area contributed by atoms with Crippen LogP contribution in [0.1, 0.15) is 12.8 Å². The Labute approximate surface area is 133 Å². The largest absolute Gasteiger partial charge is 0.341 e. The molecule has 23 heavy (non-hydrogen) atoms. The highest BCUT2D eigenvalue weighted by Crippen LogP contribution is 2.22. The van der Waals surface area contributed by atoms with Gasteiger partial charge in [-0.1, -0.05) is 5.92 Å². The molecule has 8 heteroatoms. The van der Waals surface area contributed by atoms with Gasteiger partial charge in [-0.25, -0.2) is 4.79 Å². The number of piperidine rings is 1. The first-order chi connectivity index (χ1) is 11.0. The molecule has 0 amide bonds. The van der Waals surface area contributed by atoms with E-state index in [9.17, 15) is 9.59 Å². The lowest BCUT2D eigenvalue weighted by molar-refractivity contribution is 0.496. The van der Waals surface area contributed by atoms with Crippen LogP contribution in [0, 0.1) is 12.3 Å². The number of rotatable bonds is 2. The average Bonchev–Trinajstić information content (AvgIpc) is 2.91. The van der Waals surface area contributed by atoms with Crippen molar-refractivity contribution in [2.24, 2.45) is 19.8 Å². The molecule has 2 aromatic rings. The Morgan fingerprint density at radius 1 is 1.35 bits per heavy atom. The number of aromatic nitrogens is 4. The summed E-state index contributed by atoms with van der Waals surface area (Å²) in [6.07, 6.45) is 7.39. The Hall–Kier alpha value is -2.53. The van der Waals surface area contributed by atoms with Crippen LogP contribution in [0.15, 0.2) is 9.59 Å². The third kappa shape index (κ3) is 2.33. The lowest BCUT2D eigenvalue weighted by Gasteiger charge is -2.31. The minimum Gasteiger partial charge on any atom is -0.341 e. The van der Waals surface area contributed by atoms with E-state index < -0.39 is 11.2 Å². The Balaban J connectivity index is 2.31. The van der Waals surface area contributed by atoms with Crippen molar-refractivity contribution in [2.75, 3.05) is 18.0 Å². The van der Waals surface area contributed by atoms with Crippen molar-refractivity contribution in [3.05, 3.63) is 20.8 Å². The predicted octanol–water partition coefficient (Wildman–Crippen LogP) is -1.01. The lowest BCUT2D eigenvalue weighted by atomic mass is 10.1. The number of anilines is 1. The zero-order chi connectivity index (χ0) is 16.7. The second-order valence-electron chi connectivity index (χ2n) is 5.93. The fraction of sp³-hybridized carbons (Fsp3) is 0.533. The summed E-state index contributed by atoms with van der Waals surface area (Å²) in [4.78, 5) is 31.2. The number of hydrogen-bond donors (Lipinski definition) is 1. The molecule has 0 radical (unpaired) electrons. The molecule has 1 fully saturated rings. The fourth-order valence-corrected chi connectivity index (χ4v) is 3.11. The molecular formula is C15H20N6O2. The fourth-order valence-electron chi connectivity index (χ4n) is 3.11. The van der Waals surface area contributed by atoms with Gasteiger partial charge in [-0.05, 0) is 12.8 Å². The molecule has 1 aliphatic heterocycles. The van der Waals surface area contributed by atoms with Gasteiger partial charge in [0.2, 0.25) is 5.95 Å².